The van der Waals surface area contributed by atoms with E-state index < -0.39 is 45.4 Å². The van der Waals surface area contributed by atoms with Crippen molar-refractivity contribution in [3.63, 3.8) is 0 Å². The zero-order valence-electron chi connectivity index (χ0n) is 16.9. The minimum Gasteiger partial charge on any atom is -0.396 e. The number of hydrogen-bond donors (Lipinski definition) is 4. The molecule has 2 aromatic carbocycles. The number of hydrogen-bond acceptors (Lipinski definition) is 6. The number of fused-ring (bicyclic) bond motifs is 1. The van der Waals surface area contributed by atoms with Crippen molar-refractivity contribution in [2.75, 3.05) is 25.0 Å². The third-order valence-corrected chi connectivity index (χ3v) is 7.42. The highest BCUT2D eigenvalue weighted by Gasteiger charge is 2.36. The lowest BCUT2D eigenvalue weighted by atomic mass is 9.96. The number of rotatable bonds is 5. The minimum atomic E-state index is -4.20. The van der Waals surface area contributed by atoms with E-state index in [1.54, 1.807) is 0 Å². The molecule has 0 radical (unpaired) electrons. The van der Waals surface area contributed by atoms with Crippen molar-refractivity contribution in [1.29, 1.82) is 0 Å². The normalized spacial score (nSPS) is 19.7. The van der Waals surface area contributed by atoms with Gasteiger partial charge >= 0.3 is 0 Å². The average Bonchev–Trinajstić information content (AvgIpc) is 3.25. The molecule has 3 aromatic rings. The van der Waals surface area contributed by atoms with Crippen molar-refractivity contribution in [3.05, 3.63) is 53.6 Å². The molecule has 4 N–H and O–H groups in total. The molecule has 9 nitrogen and oxygen atoms in total. The molecule has 1 aliphatic heterocycles. The monoisotopic (exact) mass is 484 g/mol. The number of aromatic nitrogens is 2. The summed E-state index contributed by atoms with van der Waals surface area (Å²) in [6.07, 6.45) is 0.416. The van der Waals surface area contributed by atoms with Crippen LogP contribution in [0.3, 0.4) is 0 Å². The van der Waals surface area contributed by atoms with Gasteiger partial charge in [-0.05, 0) is 18.6 Å². The van der Waals surface area contributed by atoms with Gasteiger partial charge in [0, 0.05) is 49.0 Å². The number of nitrogens with one attached hydrogen (secondary N) is 2. The maximum Gasteiger partial charge on any atom is 0.255 e. The number of piperidine rings is 1. The Morgan fingerprint density at radius 1 is 1.21 bits per heavy atom. The van der Waals surface area contributed by atoms with Crippen LogP contribution in [0.15, 0.2) is 35.5 Å². The van der Waals surface area contributed by atoms with Crippen LogP contribution in [0.25, 0.3) is 11.0 Å². The molecule has 0 spiro atoms. The largest absolute Gasteiger partial charge is 0.396 e. The topological polar surface area (TPSA) is 136 Å². The first-order chi connectivity index (χ1) is 15.6. The summed E-state index contributed by atoms with van der Waals surface area (Å²) in [6, 6.07) is 3.54. The number of anilines is 1. The van der Waals surface area contributed by atoms with Gasteiger partial charge in [-0.3, -0.25) is 4.79 Å². The van der Waals surface area contributed by atoms with Gasteiger partial charge in [-0.1, -0.05) is 0 Å². The molecule has 0 aliphatic carbocycles. The van der Waals surface area contributed by atoms with Gasteiger partial charge in [-0.25, -0.2) is 26.6 Å². The van der Waals surface area contributed by atoms with Crippen LogP contribution in [0.1, 0.15) is 16.8 Å². The molecule has 1 saturated heterocycles. The van der Waals surface area contributed by atoms with E-state index >= 15 is 0 Å². The number of nitrogens with zero attached hydrogens (tertiary/aromatic N) is 2. The first-order valence-corrected chi connectivity index (χ1v) is 11.3. The Bertz CT molecular complexity index is 1310. The van der Waals surface area contributed by atoms with E-state index in [1.165, 1.54) is 12.4 Å². The van der Waals surface area contributed by atoms with Gasteiger partial charge in [0.15, 0.2) is 17.5 Å². The van der Waals surface area contributed by atoms with Crippen LogP contribution in [0.4, 0.5) is 18.9 Å². The standard InChI is InChI=1S/C20H19F3N4O5S/c21-13-5-12(6-14(22)18(13)23)26-20(30)11-3-15-19(25-9-24-15)17(4-11)33(31,32)27-2-1-10(8-28)16(29)7-27/h3-6,9-10,16,28-29H,1-2,7-8H2,(H,24,25)(H,26,30). The molecule has 1 amide bonds. The number of aliphatic hydroxyl groups is 2. The summed E-state index contributed by atoms with van der Waals surface area (Å²) in [6.45, 7) is -0.474. The van der Waals surface area contributed by atoms with Crippen LogP contribution in [0.5, 0.6) is 0 Å². The predicted molar refractivity (Wildman–Crippen MR) is 110 cm³/mol. The number of carbonyl (C=O) groups is 1. The van der Waals surface area contributed by atoms with Crippen LogP contribution in [0.2, 0.25) is 0 Å². The molecule has 1 aliphatic rings. The highest BCUT2D eigenvalue weighted by Crippen LogP contribution is 2.29. The molecule has 33 heavy (non-hydrogen) atoms. The third kappa shape index (κ3) is 4.31. The van der Waals surface area contributed by atoms with E-state index in [4.69, 9.17) is 0 Å². The first kappa shape index (κ1) is 23.2. The Kier molecular flexibility index (Phi) is 6.14. The smallest absolute Gasteiger partial charge is 0.255 e. The molecule has 0 saturated carbocycles. The van der Waals surface area contributed by atoms with Crippen LogP contribution >= 0.6 is 0 Å². The fraction of sp³-hybridized carbons (Fsp3) is 0.300. The lowest BCUT2D eigenvalue weighted by Crippen LogP contribution is -2.47. The van der Waals surface area contributed by atoms with Crippen molar-refractivity contribution >= 4 is 32.7 Å². The summed E-state index contributed by atoms with van der Waals surface area (Å²) >= 11 is 0. The van der Waals surface area contributed by atoms with E-state index in [1.807, 2.05) is 0 Å². The van der Waals surface area contributed by atoms with Gasteiger partial charge in [-0.15, -0.1) is 0 Å². The van der Waals surface area contributed by atoms with Crippen molar-refractivity contribution < 1.29 is 36.6 Å². The number of carbonyl (C=O) groups excluding carboxylic acids is 1. The number of H-pyrrole nitrogens is 1. The molecule has 2 heterocycles. The van der Waals surface area contributed by atoms with Crippen molar-refractivity contribution in [2.24, 2.45) is 5.92 Å². The number of aromatic amines is 1. The molecular weight excluding hydrogens is 465 g/mol. The molecule has 1 fully saturated rings. The lowest BCUT2D eigenvalue weighted by Gasteiger charge is -2.34. The summed E-state index contributed by atoms with van der Waals surface area (Å²) < 4.78 is 67.8. The van der Waals surface area contributed by atoms with Crippen LogP contribution in [-0.2, 0) is 10.0 Å². The van der Waals surface area contributed by atoms with E-state index in [2.05, 4.69) is 15.3 Å². The molecule has 4 rings (SSSR count). The second-order valence-electron chi connectivity index (χ2n) is 7.64. The molecular formula is C20H19F3N4O5S. The molecule has 2 atom stereocenters. The van der Waals surface area contributed by atoms with Crippen molar-refractivity contribution in [1.82, 2.24) is 14.3 Å². The van der Waals surface area contributed by atoms with Crippen LogP contribution in [-0.4, -0.2) is 64.6 Å². The van der Waals surface area contributed by atoms with Gasteiger partial charge in [0.2, 0.25) is 10.0 Å². The summed E-state index contributed by atoms with van der Waals surface area (Å²) in [5, 5.41) is 21.7. The second kappa shape index (κ2) is 8.74. The van der Waals surface area contributed by atoms with Gasteiger partial charge in [-0.2, -0.15) is 4.31 Å². The van der Waals surface area contributed by atoms with E-state index in [-0.39, 0.29) is 53.3 Å². The SMILES string of the molecule is O=C(Nc1cc(F)c(F)c(F)c1)c1cc(S(=O)(=O)N2CCC(CO)C(O)C2)c2[nH]cnc2c1. The summed E-state index contributed by atoms with van der Waals surface area (Å²) in [5.41, 5.74) is -0.270. The van der Waals surface area contributed by atoms with Gasteiger partial charge in [0.1, 0.15) is 4.90 Å². The van der Waals surface area contributed by atoms with E-state index in [0.29, 0.717) is 12.1 Å². The number of imidazole rings is 1. The summed E-state index contributed by atoms with van der Waals surface area (Å²) in [7, 11) is -4.20. The molecule has 176 valence electrons. The van der Waals surface area contributed by atoms with Crippen molar-refractivity contribution in [3.8, 4) is 0 Å². The fourth-order valence-corrected chi connectivity index (χ4v) is 5.37. The van der Waals surface area contributed by atoms with Gasteiger partial charge < -0.3 is 20.5 Å². The third-order valence-electron chi connectivity index (χ3n) is 5.53. The molecule has 2 unspecified atom stereocenters. The fourth-order valence-electron chi connectivity index (χ4n) is 3.70. The second-order valence-corrected chi connectivity index (χ2v) is 9.55. The van der Waals surface area contributed by atoms with Gasteiger partial charge in [0.25, 0.3) is 5.91 Å². The Balaban J connectivity index is 1.69. The maximum atomic E-state index is 13.5. The number of β-amino-alcohol motifs (C(OH)–C–C–N with tert-alkyl or cyclic N) is 1. The highest BCUT2D eigenvalue weighted by molar-refractivity contribution is 7.89. The summed E-state index contributed by atoms with van der Waals surface area (Å²) in [4.78, 5) is 19.1. The molecule has 0 bridgehead atoms. The Morgan fingerprint density at radius 3 is 2.55 bits per heavy atom. The minimum absolute atomic E-state index is 0.0464. The quantitative estimate of drug-likeness (QED) is 0.406. The van der Waals surface area contributed by atoms with Crippen molar-refractivity contribution in [2.45, 2.75) is 17.4 Å². The number of benzene rings is 2. The van der Waals surface area contributed by atoms with Gasteiger partial charge in [0.05, 0.1) is 23.5 Å². The molecule has 1 aromatic heterocycles. The number of sulfonamides is 1. The van der Waals surface area contributed by atoms with Crippen LogP contribution in [0, 0.1) is 23.4 Å². The predicted octanol–water partition coefficient (Wildman–Crippen LogP) is 1.60. The Labute approximate surface area is 185 Å². The zero-order chi connectivity index (χ0) is 23.9. The van der Waals surface area contributed by atoms with Crippen LogP contribution < -0.4 is 5.32 Å². The Morgan fingerprint density at radius 2 is 1.91 bits per heavy atom. The first-order valence-electron chi connectivity index (χ1n) is 9.84. The lowest BCUT2D eigenvalue weighted by molar-refractivity contribution is 0.0222. The molecule has 13 heteroatoms. The maximum absolute atomic E-state index is 13.5. The number of aliphatic hydroxyl groups excluding tert-OH is 2. The van der Waals surface area contributed by atoms with E-state index in [0.717, 1.165) is 10.4 Å². The number of halogens is 3. The average molecular weight is 484 g/mol. The zero-order valence-corrected chi connectivity index (χ0v) is 17.7. The summed E-state index contributed by atoms with van der Waals surface area (Å²) in [5.74, 6) is -6.04. The number of amides is 1. The Hall–Kier alpha value is -3.00. The highest BCUT2D eigenvalue weighted by atomic mass is 32.2. The van der Waals surface area contributed by atoms with E-state index in [9.17, 15) is 36.6 Å².